The van der Waals surface area contributed by atoms with E-state index in [4.69, 9.17) is 0 Å². The summed E-state index contributed by atoms with van der Waals surface area (Å²) in [5.41, 5.74) is -1.88. The molecule has 0 spiro atoms. The Balaban J connectivity index is 1.37. The number of aromatic nitrogens is 2. The fraction of sp³-hybridized carbons (Fsp3) is 0.500. The molecule has 1 saturated carbocycles. The first-order valence-corrected chi connectivity index (χ1v) is 13.9. The summed E-state index contributed by atoms with van der Waals surface area (Å²) in [6.07, 6.45) is 2.09. The van der Waals surface area contributed by atoms with Crippen molar-refractivity contribution in [3.05, 3.63) is 57.5 Å². The van der Waals surface area contributed by atoms with Crippen LogP contribution in [0.25, 0.3) is 0 Å². The first-order chi connectivity index (χ1) is 20.0. The second-order valence-corrected chi connectivity index (χ2v) is 11.3. The van der Waals surface area contributed by atoms with E-state index in [9.17, 15) is 33.5 Å². The Kier molecular flexibility index (Phi) is 7.89. The minimum atomic E-state index is -1.19. The fourth-order valence-corrected chi connectivity index (χ4v) is 5.92. The van der Waals surface area contributed by atoms with Gasteiger partial charge in [0.05, 0.1) is 5.54 Å². The molecule has 2 bridgehead atoms. The molecule has 5 amide bonds. The van der Waals surface area contributed by atoms with E-state index in [1.807, 2.05) is 0 Å². The number of nitrogens with one attached hydrogen (secondary N) is 2. The summed E-state index contributed by atoms with van der Waals surface area (Å²) in [6, 6.07) is 5.32. The highest BCUT2D eigenvalue weighted by Gasteiger charge is 2.47. The molecule has 0 radical (unpaired) electrons. The third kappa shape index (κ3) is 5.52. The van der Waals surface area contributed by atoms with Gasteiger partial charge in [-0.2, -0.15) is 0 Å². The van der Waals surface area contributed by atoms with E-state index >= 15 is 0 Å². The van der Waals surface area contributed by atoms with Crippen LogP contribution in [0.2, 0.25) is 0 Å². The van der Waals surface area contributed by atoms with Gasteiger partial charge in [0.2, 0.25) is 5.75 Å². The molecule has 4 heterocycles. The maximum Gasteiger partial charge on any atom is 0.319 e. The van der Waals surface area contributed by atoms with Gasteiger partial charge < -0.3 is 30.4 Å². The molecule has 4 aliphatic rings. The van der Waals surface area contributed by atoms with Gasteiger partial charge in [0.1, 0.15) is 11.6 Å². The normalized spacial score (nSPS) is 21.3. The van der Waals surface area contributed by atoms with Crippen molar-refractivity contribution in [2.24, 2.45) is 5.92 Å². The van der Waals surface area contributed by atoms with Gasteiger partial charge in [-0.15, -0.1) is 0 Å². The first-order valence-electron chi connectivity index (χ1n) is 13.9. The first kappa shape index (κ1) is 29.0. The molecule has 1 saturated heterocycles. The van der Waals surface area contributed by atoms with Crippen LogP contribution in [0, 0.1) is 11.7 Å². The number of fused-ring (bicyclic) bond motifs is 2. The quantitative estimate of drug-likeness (QED) is 0.439. The molecule has 1 aromatic carbocycles. The number of halogens is 1. The van der Waals surface area contributed by atoms with Crippen molar-refractivity contribution >= 4 is 23.8 Å². The zero-order valence-corrected chi connectivity index (χ0v) is 23.6. The highest BCUT2D eigenvalue weighted by molar-refractivity contribution is 6.35. The predicted octanol–water partition coefficient (Wildman–Crippen LogP) is 0.359. The van der Waals surface area contributed by atoms with Crippen LogP contribution in [0.3, 0.4) is 0 Å². The monoisotopic (exact) mass is 583 g/mol. The molecule has 224 valence electrons. The zero-order chi connectivity index (χ0) is 30.2. The molecule has 2 fully saturated rings. The number of piperazine rings is 1. The Morgan fingerprint density at radius 3 is 2.29 bits per heavy atom. The van der Waals surface area contributed by atoms with Crippen LogP contribution in [0.15, 0.2) is 29.1 Å². The van der Waals surface area contributed by atoms with E-state index in [0.29, 0.717) is 31.2 Å². The average molecular weight is 584 g/mol. The molecule has 6 rings (SSSR count). The lowest BCUT2D eigenvalue weighted by molar-refractivity contribution is -0.148. The largest absolute Gasteiger partial charge is 0.501 e. The van der Waals surface area contributed by atoms with Gasteiger partial charge in [-0.1, -0.05) is 12.1 Å². The van der Waals surface area contributed by atoms with Gasteiger partial charge in [-0.05, 0) is 49.3 Å². The maximum absolute atomic E-state index is 13.3. The number of nitrogens with zero attached hydrogens (tertiary/aromatic N) is 5. The smallest absolute Gasteiger partial charge is 0.319 e. The molecule has 2 aromatic rings. The van der Waals surface area contributed by atoms with Crippen LogP contribution in [0.4, 0.5) is 9.18 Å². The fourth-order valence-electron chi connectivity index (χ4n) is 5.92. The number of carbonyl (C=O) groups excluding carboxylic acids is 4. The van der Waals surface area contributed by atoms with E-state index < -0.39 is 46.1 Å². The molecule has 0 unspecified atom stereocenters. The molecule has 14 heteroatoms. The van der Waals surface area contributed by atoms with Crippen molar-refractivity contribution in [1.29, 1.82) is 0 Å². The molecule has 3 aliphatic heterocycles. The topological polar surface area (TPSA) is 157 Å². The summed E-state index contributed by atoms with van der Waals surface area (Å²) in [5.74, 6) is -3.42. The third-order valence-corrected chi connectivity index (χ3v) is 8.32. The summed E-state index contributed by atoms with van der Waals surface area (Å²) in [4.78, 5) is 74.0. The van der Waals surface area contributed by atoms with Crippen LogP contribution >= 0.6 is 0 Å². The highest BCUT2D eigenvalue weighted by Crippen LogP contribution is 2.43. The van der Waals surface area contributed by atoms with Crippen LogP contribution in [-0.4, -0.2) is 93.4 Å². The number of hydrogen-bond donors (Lipinski definition) is 3. The molecule has 3 N–H and O–H groups in total. The number of hydrogen-bond acceptors (Lipinski definition) is 7. The second kappa shape index (κ2) is 11.4. The Bertz CT molecular complexity index is 1460. The minimum absolute atomic E-state index is 0.00447. The molecule has 1 aliphatic carbocycles. The lowest BCUT2D eigenvalue weighted by Gasteiger charge is -2.38. The summed E-state index contributed by atoms with van der Waals surface area (Å²) in [7, 11) is 3.29. The Labute approximate surface area is 241 Å². The number of amides is 5. The number of aromatic hydroxyl groups is 1. The third-order valence-electron chi connectivity index (χ3n) is 8.32. The summed E-state index contributed by atoms with van der Waals surface area (Å²) in [6.45, 7) is 1.24. The number of benzene rings is 1. The molecular weight excluding hydrogens is 549 g/mol. The van der Waals surface area contributed by atoms with E-state index in [1.54, 1.807) is 19.0 Å². The van der Waals surface area contributed by atoms with Crippen molar-refractivity contribution in [1.82, 2.24) is 34.9 Å². The summed E-state index contributed by atoms with van der Waals surface area (Å²) >= 11 is 0. The van der Waals surface area contributed by atoms with Crippen LogP contribution in [0.1, 0.15) is 47.6 Å². The molecule has 1 aromatic heterocycles. The SMILES string of the molecule is CN(C)C(=O)N1CCN(C(=O)C(=O)NC23CCC(CC2)Cn2c3nc(C(=O)NCc3ccc(F)cc3)c(O)c2=O)CC1. The standard InChI is InChI=1S/C28H34FN7O6/c1-33(2)27(42)35-13-11-34(12-14-35)25(41)23(39)32-28-9-7-18(8-10-28)16-36-24(40)21(37)20(31-26(28)36)22(38)30-15-17-3-5-19(29)6-4-17/h3-6,18,37H,7-16H2,1-2H3,(H,30,38)(H,32,39). The Morgan fingerprint density at radius 1 is 1.05 bits per heavy atom. The number of carbonyl (C=O) groups is 4. The van der Waals surface area contributed by atoms with Gasteiger partial charge in [0.25, 0.3) is 11.5 Å². The molecular formula is C28H34FN7O6. The lowest BCUT2D eigenvalue weighted by atomic mass is 9.77. The number of rotatable bonds is 4. The van der Waals surface area contributed by atoms with Crippen molar-refractivity contribution in [2.75, 3.05) is 40.3 Å². The zero-order valence-electron chi connectivity index (χ0n) is 23.6. The second-order valence-electron chi connectivity index (χ2n) is 11.3. The average Bonchev–Trinajstić information content (AvgIpc) is 3.23. The lowest BCUT2D eigenvalue weighted by Crippen LogP contribution is -2.58. The van der Waals surface area contributed by atoms with Crippen LogP contribution < -0.4 is 16.2 Å². The number of urea groups is 1. The molecule has 42 heavy (non-hydrogen) atoms. The van der Waals surface area contributed by atoms with E-state index in [1.165, 1.54) is 38.6 Å². The highest BCUT2D eigenvalue weighted by atomic mass is 19.1. The van der Waals surface area contributed by atoms with Crippen molar-refractivity contribution in [3.63, 3.8) is 0 Å². The summed E-state index contributed by atoms with van der Waals surface area (Å²) < 4.78 is 14.5. The Morgan fingerprint density at radius 2 is 1.67 bits per heavy atom. The van der Waals surface area contributed by atoms with Gasteiger partial charge in [0, 0.05) is 53.4 Å². The van der Waals surface area contributed by atoms with Gasteiger partial charge in [-0.3, -0.25) is 23.7 Å². The van der Waals surface area contributed by atoms with Crippen LogP contribution in [0.5, 0.6) is 5.75 Å². The van der Waals surface area contributed by atoms with Gasteiger partial charge in [0.15, 0.2) is 5.69 Å². The molecule has 0 atom stereocenters. The van der Waals surface area contributed by atoms with Crippen LogP contribution in [-0.2, 0) is 28.2 Å². The van der Waals surface area contributed by atoms with E-state index in [2.05, 4.69) is 15.6 Å². The minimum Gasteiger partial charge on any atom is -0.501 e. The van der Waals surface area contributed by atoms with Crippen molar-refractivity contribution < 1.29 is 28.7 Å². The van der Waals surface area contributed by atoms with Gasteiger partial charge in [-0.25, -0.2) is 14.2 Å². The predicted molar refractivity (Wildman–Crippen MR) is 147 cm³/mol. The van der Waals surface area contributed by atoms with Crippen molar-refractivity contribution in [3.8, 4) is 5.75 Å². The van der Waals surface area contributed by atoms with E-state index in [-0.39, 0.29) is 57.0 Å². The maximum atomic E-state index is 13.3. The van der Waals surface area contributed by atoms with Crippen molar-refractivity contribution in [2.45, 2.75) is 44.3 Å². The van der Waals surface area contributed by atoms with E-state index in [0.717, 1.165) is 0 Å². The molecule has 13 nitrogen and oxygen atoms in total. The van der Waals surface area contributed by atoms with Gasteiger partial charge >= 0.3 is 17.8 Å². The Hall–Kier alpha value is -4.49. The summed E-state index contributed by atoms with van der Waals surface area (Å²) in [5, 5.41) is 16.1.